The Balaban J connectivity index is 2.43. The van der Waals surface area contributed by atoms with Crippen molar-refractivity contribution in [2.75, 3.05) is 0 Å². The maximum Gasteiger partial charge on any atom is 0.210 e. The molecule has 0 unspecified atom stereocenters. The number of fused-ring (bicyclic) bond motifs is 2. The zero-order valence-corrected chi connectivity index (χ0v) is 9.55. The first-order valence-electron chi connectivity index (χ1n) is 5.04. The molecule has 0 saturated carbocycles. The van der Waals surface area contributed by atoms with Crippen LogP contribution >= 0.6 is 0 Å². The second kappa shape index (κ2) is 3.49. The van der Waals surface area contributed by atoms with Gasteiger partial charge in [-0.05, 0) is 24.3 Å². The normalized spacial score (nSPS) is 15.8. The monoisotopic (exact) mass is 244 g/mol. The Bertz CT molecular complexity index is 665. The van der Waals surface area contributed by atoms with Crippen LogP contribution in [-0.4, -0.2) is 8.42 Å². The van der Waals surface area contributed by atoms with Gasteiger partial charge in [-0.15, -0.1) is 10.2 Å². The van der Waals surface area contributed by atoms with Crippen LogP contribution in [0.5, 0.6) is 0 Å². The summed E-state index contributed by atoms with van der Waals surface area (Å²) in [5.74, 6) is 0. The van der Waals surface area contributed by atoms with Gasteiger partial charge in [0.1, 0.15) is 11.4 Å². The van der Waals surface area contributed by atoms with Gasteiger partial charge in [-0.1, -0.05) is 24.3 Å². The van der Waals surface area contributed by atoms with E-state index >= 15 is 0 Å². The minimum Gasteiger partial charge on any atom is -0.218 e. The van der Waals surface area contributed by atoms with Gasteiger partial charge in [-0.3, -0.25) is 0 Å². The van der Waals surface area contributed by atoms with Gasteiger partial charge in [0.05, 0.1) is 9.79 Å². The molecule has 0 N–H and O–H groups in total. The van der Waals surface area contributed by atoms with Crippen LogP contribution in [0, 0.1) is 0 Å². The van der Waals surface area contributed by atoms with Crippen LogP contribution < -0.4 is 0 Å². The lowest BCUT2D eigenvalue weighted by atomic mass is 10.3. The van der Waals surface area contributed by atoms with Gasteiger partial charge in [-0.25, -0.2) is 8.42 Å². The fourth-order valence-corrected chi connectivity index (χ4v) is 3.28. The first kappa shape index (κ1) is 10.2. The summed E-state index contributed by atoms with van der Waals surface area (Å²) in [6.45, 7) is 0. The summed E-state index contributed by atoms with van der Waals surface area (Å²) in [7, 11) is -3.53. The molecule has 4 nitrogen and oxygen atoms in total. The molecular weight excluding hydrogens is 236 g/mol. The third kappa shape index (κ3) is 1.47. The first-order chi connectivity index (χ1) is 8.19. The van der Waals surface area contributed by atoms with E-state index in [-0.39, 0.29) is 9.79 Å². The molecule has 0 saturated heterocycles. The molecule has 0 spiro atoms. The van der Waals surface area contributed by atoms with E-state index in [1.807, 2.05) is 0 Å². The molecule has 17 heavy (non-hydrogen) atoms. The van der Waals surface area contributed by atoms with Crippen LogP contribution in [0.3, 0.4) is 0 Å². The third-order valence-corrected chi connectivity index (χ3v) is 4.42. The zero-order chi connectivity index (χ0) is 11.9. The van der Waals surface area contributed by atoms with Crippen molar-refractivity contribution in [3.05, 3.63) is 48.5 Å². The number of azo groups is 1. The molecule has 0 fully saturated rings. The minimum atomic E-state index is -3.53. The Kier molecular flexibility index (Phi) is 2.09. The Hall–Kier alpha value is -2.01. The van der Waals surface area contributed by atoms with E-state index in [1.54, 1.807) is 48.5 Å². The van der Waals surface area contributed by atoms with Crippen LogP contribution in [0.2, 0.25) is 0 Å². The summed E-state index contributed by atoms with van der Waals surface area (Å²) in [6, 6.07) is 13.2. The standard InChI is InChI=1S/C12H8N2O2S/c15-17(16)11-7-3-1-5-9(11)13-14-10-6-2-4-8-12(10)17/h1-8H. The molecule has 84 valence electrons. The van der Waals surface area contributed by atoms with E-state index in [0.29, 0.717) is 11.4 Å². The molecule has 3 rings (SSSR count). The van der Waals surface area contributed by atoms with Crippen molar-refractivity contribution in [1.82, 2.24) is 0 Å². The van der Waals surface area contributed by atoms with Crippen molar-refractivity contribution in [2.45, 2.75) is 9.79 Å². The summed E-state index contributed by atoms with van der Waals surface area (Å²) in [4.78, 5) is 0.405. The van der Waals surface area contributed by atoms with E-state index in [1.165, 1.54) is 0 Å². The lowest BCUT2D eigenvalue weighted by Crippen LogP contribution is -2.01. The van der Waals surface area contributed by atoms with Gasteiger partial charge >= 0.3 is 0 Å². The predicted molar refractivity (Wildman–Crippen MR) is 62.5 cm³/mol. The highest BCUT2D eigenvalue weighted by Crippen LogP contribution is 2.38. The van der Waals surface area contributed by atoms with Gasteiger partial charge in [0, 0.05) is 0 Å². The van der Waals surface area contributed by atoms with Crippen molar-refractivity contribution < 1.29 is 8.42 Å². The summed E-state index contributed by atoms with van der Waals surface area (Å²) >= 11 is 0. The van der Waals surface area contributed by atoms with Crippen molar-refractivity contribution in [3.63, 3.8) is 0 Å². The predicted octanol–water partition coefficient (Wildman–Crippen LogP) is 3.25. The van der Waals surface area contributed by atoms with Gasteiger partial charge in [0.2, 0.25) is 9.84 Å². The summed E-state index contributed by atoms with van der Waals surface area (Å²) in [5.41, 5.74) is 0.757. The molecule has 1 aliphatic rings. The number of sulfone groups is 1. The molecule has 0 aliphatic carbocycles. The van der Waals surface area contributed by atoms with E-state index < -0.39 is 9.84 Å². The van der Waals surface area contributed by atoms with Crippen molar-refractivity contribution in [3.8, 4) is 0 Å². The minimum absolute atomic E-state index is 0.203. The molecule has 5 heteroatoms. The number of benzene rings is 2. The summed E-state index contributed by atoms with van der Waals surface area (Å²) < 4.78 is 24.8. The number of nitrogens with zero attached hydrogens (tertiary/aromatic N) is 2. The molecule has 0 bridgehead atoms. The van der Waals surface area contributed by atoms with Crippen LogP contribution in [0.15, 0.2) is 68.6 Å². The number of hydrogen-bond donors (Lipinski definition) is 0. The summed E-state index contributed by atoms with van der Waals surface area (Å²) in [5, 5.41) is 7.94. The largest absolute Gasteiger partial charge is 0.218 e. The van der Waals surface area contributed by atoms with Crippen molar-refractivity contribution >= 4 is 21.2 Å². The molecule has 2 aromatic carbocycles. The number of rotatable bonds is 0. The highest BCUT2D eigenvalue weighted by molar-refractivity contribution is 7.91. The quantitative estimate of drug-likeness (QED) is 0.609. The number of hydrogen-bond acceptors (Lipinski definition) is 4. The lowest BCUT2D eigenvalue weighted by molar-refractivity contribution is 0.597. The van der Waals surface area contributed by atoms with E-state index in [2.05, 4.69) is 10.2 Å². The molecule has 1 aliphatic heterocycles. The van der Waals surface area contributed by atoms with E-state index in [4.69, 9.17) is 0 Å². The second-order valence-electron chi connectivity index (χ2n) is 3.64. The molecule has 0 atom stereocenters. The molecular formula is C12H8N2O2S. The van der Waals surface area contributed by atoms with Gasteiger partial charge < -0.3 is 0 Å². The van der Waals surface area contributed by atoms with Gasteiger partial charge in [0.15, 0.2) is 0 Å². The van der Waals surface area contributed by atoms with Gasteiger partial charge in [0.25, 0.3) is 0 Å². The Morgan fingerprint density at radius 1 is 0.706 bits per heavy atom. The third-order valence-electron chi connectivity index (χ3n) is 2.58. The van der Waals surface area contributed by atoms with E-state index in [0.717, 1.165) is 0 Å². The highest BCUT2D eigenvalue weighted by atomic mass is 32.2. The molecule has 1 heterocycles. The molecule has 0 radical (unpaired) electrons. The smallest absolute Gasteiger partial charge is 0.210 e. The summed E-state index contributed by atoms with van der Waals surface area (Å²) in [6.07, 6.45) is 0. The Labute approximate surface area is 98.6 Å². The first-order valence-corrected chi connectivity index (χ1v) is 6.53. The fourth-order valence-electron chi connectivity index (χ4n) is 1.76. The molecule has 0 amide bonds. The Morgan fingerprint density at radius 2 is 1.12 bits per heavy atom. The van der Waals surface area contributed by atoms with Crippen LogP contribution in [0.4, 0.5) is 11.4 Å². The van der Waals surface area contributed by atoms with Gasteiger partial charge in [-0.2, -0.15) is 0 Å². The maximum absolute atomic E-state index is 12.4. The topological polar surface area (TPSA) is 58.9 Å². The van der Waals surface area contributed by atoms with Crippen LogP contribution in [-0.2, 0) is 9.84 Å². The second-order valence-corrected chi connectivity index (χ2v) is 5.53. The Morgan fingerprint density at radius 3 is 1.59 bits per heavy atom. The fraction of sp³-hybridized carbons (Fsp3) is 0. The lowest BCUT2D eigenvalue weighted by Gasteiger charge is -2.04. The average Bonchev–Trinajstić information content (AvgIpc) is 2.47. The zero-order valence-electron chi connectivity index (χ0n) is 8.74. The van der Waals surface area contributed by atoms with Crippen LogP contribution in [0.1, 0.15) is 0 Å². The van der Waals surface area contributed by atoms with Crippen molar-refractivity contribution in [1.29, 1.82) is 0 Å². The van der Waals surface area contributed by atoms with E-state index in [9.17, 15) is 8.42 Å². The molecule has 2 aromatic rings. The average molecular weight is 244 g/mol. The highest BCUT2D eigenvalue weighted by Gasteiger charge is 2.26. The van der Waals surface area contributed by atoms with Crippen molar-refractivity contribution in [2.24, 2.45) is 10.2 Å². The van der Waals surface area contributed by atoms with Crippen LogP contribution in [0.25, 0.3) is 0 Å². The SMILES string of the molecule is O=S1(=O)c2ccccc2N=Nc2ccccc21. The maximum atomic E-state index is 12.4. The molecule has 0 aromatic heterocycles.